The Kier molecular flexibility index (Phi) is 8.09. The fourth-order valence-corrected chi connectivity index (χ4v) is 2.52. The van der Waals surface area contributed by atoms with Crippen LogP contribution in [0.5, 0.6) is 11.5 Å². The first kappa shape index (κ1) is 19.8. The van der Waals surface area contributed by atoms with Gasteiger partial charge >= 0.3 is 11.9 Å². The Morgan fingerprint density at radius 3 is 2.46 bits per heavy atom. The van der Waals surface area contributed by atoms with Gasteiger partial charge in [0, 0.05) is 0 Å². The van der Waals surface area contributed by atoms with Gasteiger partial charge in [-0.25, -0.2) is 0 Å². The van der Waals surface area contributed by atoms with Crippen LogP contribution < -0.4 is 9.47 Å². The lowest BCUT2D eigenvalue weighted by Crippen LogP contribution is -2.22. The molecule has 0 radical (unpaired) electrons. The number of benzene rings is 1. The number of carboxylic acids is 1. The Bertz CT molecular complexity index is 554. The molecular weight excluding hydrogens is 312 g/mol. The number of carbonyl (C=O) groups is 2. The molecule has 0 spiro atoms. The summed E-state index contributed by atoms with van der Waals surface area (Å²) in [6, 6.07) is 5.36. The molecule has 24 heavy (non-hydrogen) atoms. The van der Waals surface area contributed by atoms with Crippen LogP contribution in [0.1, 0.15) is 38.7 Å². The summed E-state index contributed by atoms with van der Waals surface area (Å²) >= 11 is 0. The molecule has 1 rings (SSSR count). The van der Waals surface area contributed by atoms with Crippen molar-refractivity contribution in [2.75, 3.05) is 14.2 Å². The number of aliphatic carboxylic acids is 1. The van der Waals surface area contributed by atoms with Gasteiger partial charge in [0.25, 0.3) is 0 Å². The number of carbonyl (C=O) groups excluding carboxylic acids is 1. The topological polar surface area (TPSA) is 82.1 Å². The lowest BCUT2D eigenvalue weighted by Gasteiger charge is -2.18. The van der Waals surface area contributed by atoms with Crippen molar-refractivity contribution in [2.45, 2.75) is 45.6 Å². The van der Waals surface area contributed by atoms with Gasteiger partial charge in [-0.15, -0.1) is 0 Å². The SMILES string of the molecule is CCCC(C)Oc1cc(CC(CC(=O)O)C(=O)OC)ccc1OC. The second-order valence-electron chi connectivity index (χ2n) is 5.72. The maximum atomic E-state index is 11.8. The van der Waals surface area contributed by atoms with Gasteiger partial charge in [-0.05, 0) is 37.5 Å². The molecule has 2 unspecified atom stereocenters. The molecule has 2 atom stereocenters. The number of methoxy groups -OCH3 is 2. The van der Waals surface area contributed by atoms with Crippen molar-refractivity contribution in [2.24, 2.45) is 5.92 Å². The monoisotopic (exact) mass is 338 g/mol. The van der Waals surface area contributed by atoms with E-state index >= 15 is 0 Å². The van der Waals surface area contributed by atoms with E-state index in [1.54, 1.807) is 25.3 Å². The minimum absolute atomic E-state index is 0.0366. The maximum Gasteiger partial charge on any atom is 0.309 e. The molecule has 0 amide bonds. The Labute approximate surface area is 142 Å². The lowest BCUT2D eigenvalue weighted by atomic mass is 9.96. The molecule has 134 valence electrons. The summed E-state index contributed by atoms with van der Waals surface area (Å²) in [5.41, 5.74) is 0.797. The third kappa shape index (κ3) is 6.10. The molecule has 6 nitrogen and oxygen atoms in total. The maximum absolute atomic E-state index is 11.8. The number of hydrogen-bond acceptors (Lipinski definition) is 5. The summed E-state index contributed by atoms with van der Waals surface area (Å²) in [7, 11) is 2.82. The van der Waals surface area contributed by atoms with Crippen LogP contribution in [0.4, 0.5) is 0 Å². The van der Waals surface area contributed by atoms with Crippen LogP contribution >= 0.6 is 0 Å². The van der Waals surface area contributed by atoms with E-state index < -0.39 is 17.9 Å². The van der Waals surface area contributed by atoms with E-state index in [-0.39, 0.29) is 18.9 Å². The average Bonchev–Trinajstić information content (AvgIpc) is 2.53. The molecule has 0 aliphatic carbocycles. The molecule has 0 bridgehead atoms. The highest BCUT2D eigenvalue weighted by molar-refractivity contribution is 5.79. The summed E-state index contributed by atoms with van der Waals surface area (Å²) < 4.78 is 15.9. The Morgan fingerprint density at radius 2 is 1.92 bits per heavy atom. The van der Waals surface area contributed by atoms with Gasteiger partial charge in [0.15, 0.2) is 11.5 Å². The summed E-state index contributed by atoms with van der Waals surface area (Å²) in [5, 5.41) is 8.97. The van der Waals surface area contributed by atoms with Gasteiger partial charge < -0.3 is 19.3 Å². The zero-order valence-corrected chi connectivity index (χ0v) is 14.7. The first-order chi connectivity index (χ1) is 11.4. The van der Waals surface area contributed by atoms with Gasteiger partial charge in [0.05, 0.1) is 32.7 Å². The standard InChI is InChI=1S/C18H26O6/c1-5-6-12(2)24-16-10-13(7-8-15(16)22-3)9-14(11-17(19)20)18(21)23-4/h7-8,10,12,14H,5-6,9,11H2,1-4H3,(H,19,20). The Hall–Kier alpha value is -2.24. The molecule has 1 N–H and O–H groups in total. The predicted molar refractivity (Wildman–Crippen MR) is 89.5 cm³/mol. The summed E-state index contributed by atoms with van der Waals surface area (Å²) in [4.78, 5) is 22.7. The van der Waals surface area contributed by atoms with Gasteiger partial charge in [-0.3, -0.25) is 9.59 Å². The van der Waals surface area contributed by atoms with Crippen molar-refractivity contribution in [3.05, 3.63) is 23.8 Å². The van der Waals surface area contributed by atoms with Crippen LogP contribution in [0.3, 0.4) is 0 Å². The van der Waals surface area contributed by atoms with Crippen molar-refractivity contribution in [1.82, 2.24) is 0 Å². The summed E-state index contributed by atoms with van der Waals surface area (Å²) in [6.07, 6.45) is 1.95. The van der Waals surface area contributed by atoms with Gasteiger partial charge in [-0.1, -0.05) is 19.4 Å². The molecule has 1 aromatic rings. The number of hydrogen-bond donors (Lipinski definition) is 1. The second-order valence-corrected chi connectivity index (χ2v) is 5.72. The minimum Gasteiger partial charge on any atom is -0.493 e. The number of carboxylic acid groups (broad SMARTS) is 1. The molecule has 0 saturated carbocycles. The van der Waals surface area contributed by atoms with E-state index in [4.69, 9.17) is 19.3 Å². The van der Waals surface area contributed by atoms with Crippen molar-refractivity contribution < 1.29 is 28.9 Å². The van der Waals surface area contributed by atoms with Crippen LogP contribution in [-0.4, -0.2) is 37.4 Å². The lowest BCUT2D eigenvalue weighted by molar-refractivity contribution is -0.150. The molecule has 6 heteroatoms. The van der Waals surface area contributed by atoms with Crippen molar-refractivity contribution in [3.8, 4) is 11.5 Å². The van der Waals surface area contributed by atoms with Gasteiger partial charge in [0.2, 0.25) is 0 Å². The van der Waals surface area contributed by atoms with Crippen LogP contribution in [0.2, 0.25) is 0 Å². The molecule has 0 heterocycles. The Morgan fingerprint density at radius 1 is 1.21 bits per heavy atom. The van der Waals surface area contributed by atoms with Crippen molar-refractivity contribution in [3.63, 3.8) is 0 Å². The first-order valence-electron chi connectivity index (χ1n) is 8.04. The van der Waals surface area contributed by atoms with Crippen molar-refractivity contribution in [1.29, 1.82) is 0 Å². The molecule has 0 saturated heterocycles. The van der Waals surface area contributed by atoms with E-state index in [1.807, 2.05) is 6.92 Å². The largest absolute Gasteiger partial charge is 0.493 e. The normalized spacial score (nSPS) is 13.0. The number of esters is 1. The zero-order chi connectivity index (χ0) is 18.1. The van der Waals surface area contributed by atoms with E-state index in [0.29, 0.717) is 11.5 Å². The molecule has 0 aliphatic heterocycles. The highest BCUT2D eigenvalue weighted by Crippen LogP contribution is 2.31. The predicted octanol–water partition coefficient (Wildman–Crippen LogP) is 3.07. The number of ether oxygens (including phenoxy) is 3. The van der Waals surface area contributed by atoms with E-state index in [1.165, 1.54) is 7.11 Å². The summed E-state index contributed by atoms with van der Waals surface area (Å²) in [6.45, 7) is 4.07. The minimum atomic E-state index is -1.04. The highest BCUT2D eigenvalue weighted by Gasteiger charge is 2.23. The Balaban J connectivity index is 2.97. The zero-order valence-electron chi connectivity index (χ0n) is 14.7. The number of rotatable bonds is 10. The van der Waals surface area contributed by atoms with Crippen molar-refractivity contribution >= 4 is 11.9 Å². The highest BCUT2D eigenvalue weighted by atomic mass is 16.5. The van der Waals surface area contributed by atoms with Gasteiger partial charge in [-0.2, -0.15) is 0 Å². The molecule has 0 aromatic heterocycles. The van der Waals surface area contributed by atoms with Crippen LogP contribution in [0.15, 0.2) is 18.2 Å². The molecular formula is C18H26O6. The molecule has 0 fully saturated rings. The fraction of sp³-hybridized carbons (Fsp3) is 0.556. The quantitative estimate of drug-likeness (QED) is 0.660. The third-order valence-electron chi connectivity index (χ3n) is 3.69. The van der Waals surface area contributed by atoms with Crippen LogP contribution in [0, 0.1) is 5.92 Å². The first-order valence-corrected chi connectivity index (χ1v) is 8.04. The van der Waals surface area contributed by atoms with E-state index in [2.05, 4.69) is 6.92 Å². The average molecular weight is 338 g/mol. The smallest absolute Gasteiger partial charge is 0.309 e. The fourth-order valence-electron chi connectivity index (χ4n) is 2.52. The third-order valence-corrected chi connectivity index (χ3v) is 3.69. The van der Waals surface area contributed by atoms with Crippen LogP contribution in [-0.2, 0) is 20.7 Å². The summed E-state index contributed by atoms with van der Waals surface area (Å²) in [5.74, 6) is -1.10. The molecule has 1 aromatic carbocycles. The van der Waals surface area contributed by atoms with E-state index in [9.17, 15) is 9.59 Å². The van der Waals surface area contributed by atoms with Gasteiger partial charge in [0.1, 0.15) is 0 Å². The molecule has 0 aliphatic rings. The van der Waals surface area contributed by atoms with Crippen LogP contribution in [0.25, 0.3) is 0 Å². The van der Waals surface area contributed by atoms with E-state index in [0.717, 1.165) is 18.4 Å². The second kappa shape index (κ2) is 9.80.